The van der Waals surface area contributed by atoms with E-state index >= 15 is 0 Å². The Kier molecular flexibility index (Phi) is 6.25. The smallest absolute Gasteiger partial charge is 0.416 e. The molecule has 0 fully saturated rings. The molecule has 0 radical (unpaired) electrons. The number of alkyl halides is 3. The van der Waals surface area contributed by atoms with Gasteiger partial charge in [0, 0.05) is 30.4 Å². The van der Waals surface area contributed by atoms with Crippen LogP contribution < -0.4 is 9.46 Å². The first kappa shape index (κ1) is 24.3. The summed E-state index contributed by atoms with van der Waals surface area (Å²) in [4.78, 5) is 4.07. The SMILES string of the molecule is Cn1nccc1-c1cc(C(F)(F)F)ccc1OC1CCCc2cc(S(=O)(=O)Nc3nccs3)ccc21. The zero-order valence-electron chi connectivity index (χ0n) is 19.0. The maximum atomic E-state index is 13.4. The summed E-state index contributed by atoms with van der Waals surface area (Å²) < 4.78 is 76.1. The second-order valence-electron chi connectivity index (χ2n) is 8.35. The van der Waals surface area contributed by atoms with E-state index in [0.29, 0.717) is 24.3 Å². The molecule has 1 N–H and O–H groups in total. The van der Waals surface area contributed by atoms with Crippen LogP contribution in [0.2, 0.25) is 0 Å². The molecule has 1 aliphatic carbocycles. The van der Waals surface area contributed by atoms with Crippen LogP contribution in [0.5, 0.6) is 5.75 Å². The summed E-state index contributed by atoms with van der Waals surface area (Å²) in [6, 6.07) is 9.86. The first-order chi connectivity index (χ1) is 17.1. The van der Waals surface area contributed by atoms with E-state index < -0.39 is 27.9 Å². The van der Waals surface area contributed by atoms with Crippen molar-refractivity contribution in [2.75, 3.05) is 4.72 Å². The van der Waals surface area contributed by atoms with Crippen LogP contribution in [0, 0.1) is 0 Å². The quantitative estimate of drug-likeness (QED) is 0.337. The van der Waals surface area contributed by atoms with Gasteiger partial charge in [0.1, 0.15) is 11.9 Å². The van der Waals surface area contributed by atoms with Crippen LogP contribution in [0.25, 0.3) is 11.3 Å². The zero-order chi connectivity index (χ0) is 25.5. The molecule has 5 rings (SSSR count). The third-order valence-electron chi connectivity index (χ3n) is 6.01. The molecule has 0 saturated heterocycles. The number of aryl methyl sites for hydroxylation is 2. The lowest BCUT2D eigenvalue weighted by Gasteiger charge is -2.28. The van der Waals surface area contributed by atoms with Gasteiger partial charge in [0.15, 0.2) is 5.13 Å². The van der Waals surface area contributed by atoms with Crippen molar-refractivity contribution < 1.29 is 26.3 Å². The number of rotatable bonds is 6. The van der Waals surface area contributed by atoms with E-state index in [2.05, 4.69) is 14.8 Å². The number of anilines is 1. The fourth-order valence-corrected chi connectivity index (χ4v) is 6.12. The van der Waals surface area contributed by atoms with Gasteiger partial charge in [-0.3, -0.25) is 9.40 Å². The Bertz CT molecular complexity index is 1500. The fraction of sp³-hybridized carbons (Fsp3) is 0.250. The number of hydrogen-bond acceptors (Lipinski definition) is 6. The van der Waals surface area contributed by atoms with Gasteiger partial charge in [0.25, 0.3) is 10.0 Å². The number of nitrogens with one attached hydrogen (secondary N) is 1. The van der Waals surface area contributed by atoms with Crippen LogP contribution in [0.15, 0.2) is 65.1 Å². The van der Waals surface area contributed by atoms with Gasteiger partial charge in [-0.1, -0.05) is 6.07 Å². The van der Waals surface area contributed by atoms with Crippen molar-refractivity contribution in [3.05, 3.63) is 76.9 Å². The second-order valence-corrected chi connectivity index (χ2v) is 10.9. The molecule has 12 heteroatoms. The molecule has 2 aromatic carbocycles. The van der Waals surface area contributed by atoms with Crippen molar-refractivity contribution >= 4 is 26.5 Å². The maximum absolute atomic E-state index is 13.4. The highest BCUT2D eigenvalue weighted by Crippen LogP contribution is 2.41. The Hall–Kier alpha value is -3.38. The van der Waals surface area contributed by atoms with Gasteiger partial charge < -0.3 is 4.74 Å². The number of halogens is 3. The molecule has 4 aromatic rings. The lowest BCUT2D eigenvalue weighted by molar-refractivity contribution is -0.137. The van der Waals surface area contributed by atoms with Crippen LogP contribution in [0.3, 0.4) is 0 Å². The molecule has 0 bridgehead atoms. The van der Waals surface area contributed by atoms with Crippen molar-refractivity contribution in [1.29, 1.82) is 0 Å². The minimum atomic E-state index is -4.50. The van der Waals surface area contributed by atoms with Gasteiger partial charge in [-0.2, -0.15) is 18.3 Å². The lowest BCUT2D eigenvalue weighted by atomic mass is 9.89. The summed E-state index contributed by atoms with van der Waals surface area (Å²) in [5.41, 5.74) is 1.62. The predicted molar refractivity (Wildman–Crippen MR) is 129 cm³/mol. The van der Waals surface area contributed by atoms with Crippen molar-refractivity contribution in [3.8, 4) is 17.0 Å². The normalized spacial score (nSPS) is 15.9. The number of fused-ring (bicyclic) bond motifs is 1. The molecule has 0 spiro atoms. The zero-order valence-corrected chi connectivity index (χ0v) is 20.6. The van der Waals surface area contributed by atoms with Crippen LogP contribution in [0.1, 0.15) is 35.6 Å². The second kappa shape index (κ2) is 9.25. The predicted octanol–water partition coefficient (Wildman–Crippen LogP) is 5.82. The summed E-state index contributed by atoms with van der Waals surface area (Å²) in [5.74, 6) is 0.298. The maximum Gasteiger partial charge on any atom is 0.416 e. The van der Waals surface area contributed by atoms with Crippen LogP contribution in [-0.4, -0.2) is 23.2 Å². The average molecular weight is 535 g/mol. The summed E-state index contributed by atoms with van der Waals surface area (Å²) >= 11 is 1.18. The van der Waals surface area contributed by atoms with Crippen molar-refractivity contribution in [2.45, 2.75) is 36.4 Å². The highest BCUT2D eigenvalue weighted by molar-refractivity contribution is 7.93. The highest BCUT2D eigenvalue weighted by Gasteiger charge is 2.32. The van der Waals surface area contributed by atoms with E-state index in [1.165, 1.54) is 40.5 Å². The molecule has 1 aliphatic rings. The van der Waals surface area contributed by atoms with Crippen molar-refractivity contribution in [2.24, 2.45) is 7.05 Å². The number of hydrogen-bond donors (Lipinski definition) is 1. The van der Waals surface area contributed by atoms with E-state index in [0.717, 1.165) is 29.7 Å². The van der Waals surface area contributed by atoms with E-state index in [1.807, 2.05) is 0 Å². The first-order valence-electron chi connectivity index (χ1n) is 11.0. The number of sulfonamides is 1. The molecule has 2 aromatic heterocycles. The first-order valence-corrected chi connectivity index (χ1v) is 13.4. The van der Waals surface area contributed by atoms with Crippen LogP contribution in [0.4, 0.5) is 18.3 Å². The van der Waals surface area contributed by atoms with E-state index in [-0.39, 0.29) is 15.6 Å². The number of thiazole rings is 1. The van der Waals surface area contributed by atoms with Gasteiger partial charge in [-0.05, 0) is 66.8 Å². The van der Waals surface area contributed by atoms with Gasteiger partial charge >= 0.3 is 6.18 Å². The van der Waals surface area contributed by atoms with Crippen LogP contribution >= 0.6 is 11.3 Å². The molecule has 2 heterocycles. The van der Waals surface area contributed by atoms with Gasteiger partial charge in [0.2, 0.25) is 0 Å². The Morgan fingerprint density at radius 1 is 1.14 bits per heavy atom. The Balaban J connectivity index is 1.47. The van der Waals surface area contributed by atoms with Crippen LogP contribution in [-0.2, 0) is 29.7 Å². The number of aromatic nitrogens is 3. The molecular weight excluding hydrogens is 513 g/mol. The third kappa shape index (κ3) is 4.82. The highest BCUT2D eigenvalue weighted by atomic mass is 32.2. The van der Waals surface area contributed by atoms with E-state index in [4.69, 9.17) is 4.74 Å². The minimum Gasteiger partial charge on any atom is -0.485 e. The van der Waals surface area contributed by atoms with Gasteiger partial charge in [-0.15, -0.1) is 11.3 Å². The fourth-order valence-electron chi connectivity index (χ4n) is 4.28. The largest absolute Gasteiger partial charge is 0.485 e. The van der Waals surface area contributed by atoms with Crippen molar-refractivity contribution in [3.63, 3.8) is 0 Å². The minimum absolute atomic E-state index is 0.113. The summed E-state index contributed by atoms with van der Waals surface area (Å²) in [5, 5.41) is 6.03. The Morgan fingerprint density at radius 2 is 1.97 bits per heavy atom. The van der Waals surface area contributed by atoms with E-state index in [1.54, 1.807) is 30.6 Å². The molecule has 36 heavy (non-hydrogen) atoms. The average Bonchev–Trinajstić information content (AvgIpc) is 3.49. The Morgan fingerprint density at radius 3 is 2.67 bits per heavy atom. The molecular formula is C24H21F3N4O3S2. The molecule has 1 atom stereocenters. The van der Waals surface area contributed by atoms with Crippen molar-refractivity contribution in [1.82, 2.24) is 14.8 Å². The summed E-state index contributed by atoms with van der Waals surface area (Å²) in [7, 11) is -2.16. The molecule has 188 valence electrons. The van der Waals surface area contributed by atoms with Gasteiger partial charge in [0.05, 0.1) is 16.2 Å². The van der Waals surface area contributed by atoms with E-state index in [9.17, 15) is 21.6 Å². The topological polar surface area (TPSA) is 86.1 Å². The number of benzene rings is 2. The number of nitrogens with zero attached hydrogens (tertiary/aromatic N) is 3. The summed E-state index contributed by atoms with van der Waals surface area (Å²) in [6.07, 6.45) is 0.122. The Labute approximate surface area is 209 Å². The summed E-state index contributed by atoms with van der Waals surface area (Å²) in [6.45, 7) is 0. The monoisotopic (exact) mass is 534 g/mol. The molecule has 0 aliphatic heterocycles. The standard InChI is InChI=1S/C24H21F3N4O3S2/c1-31-20(9-10-29-31)19-14-16(24(25,26)27)5-8-22(19)34-21-4-2-3-15-13-17(6-7-18(15)21)36(32,33)30-23-28-11-12-35-23/h5-14,21H,2-4H2,1H3,(H,28,30). The molecule has 1 unspecified atom stereocenters. The lowest BCUT2D eigenvalue weighted by Crippen LogP contribution is -2.18. The number of ether oxygens (including phenoxy) is 1. The molecule has 7 nitrogen and oxygen atoms in total. The molecule has 0 amide bonds. The third-order valence-corrected chi connectivity index (χ3v) is 8.17. The molecule has 0 saturated carbocycles. The van der Waals surface area contributed by atoms with Gasteiger partial charge in [-0.25, -0.2) is 13.4 Å².